The molecule has 0 aromatic carbocycles. The van der Waals surface area contributed by atoms with Crippen LogP contribution < -0.4 is 5.32 Å². The number of hydrogen-bond acceptors (Lipinski definition) is 2. The minimum Gasteiger partial charge on any atom is -0.311 e. The van der Waals surface area contributed by atoms with Gasteiger partial charge in [0.2, 0.25) is 0 Å². The number of carbonyl (C=O) groups is 1. The second-order valence-corrected chi connectivity index (χ2v) is 8.13. The molecule has 0 aromatic rings. The van der Waals surface area contributed by atoms with Crippen LogP contribution in [-0.2, 0) is 4.79 Å². The van der Waals surface area contributed by atoms with Gasteiger partial charge in [0.25, 0.3) is 0 Å². The van der Waals surface area contributed by atoms with Crippen molar-refractivity contribution in [2.45, 2.75) is 93.5 Å². The molecular formula is C21H43NO. The highest BCUT2D eigenvalue weighted by Gasteiger charge is 2.52. The summed E-state index contributed by atoms with van der Waals surface area (Å²) < 4.78 is 0. The predicted octanol–water partition coefficient (Wildman–Crippen LogP) is 5.70. The average molecular weight is 326 g/mol. The number of nitrogens with one attached hydrogen (secondary N) is 1. The number of rotatable bonds is 5. The van der Waals surface area contributed by atoms with Crippen molar-refractivity contribution in [2.24, 2.45) is 29.1 Å². The fourth-order valence-corrected chi connectivity index (χ4v) is 4.13. The van der Waals surface area contributed by atoms with E-state index in [0.717, 1.165) is 24.2 Å². The fraction of sp³-hybridized carbons (Fsp3) is 0.952. The van der Waals surface area contributed by atoms with E-state index in [0.29, 0.717) is 11.2 Å². The Bertz CT molecular complexity index is 321. The van der Waals surface area contributed by atoms with Crippen LogP contribution in [0.5, 0.6) is 0 Å². The fourth-order valence-electron chi connectivity index (χ4n) is 4.13. The first-order valence-corrected chi connectivity index (χ1v) is 9.98. The van der Waals surface area contributed by atoms with Crippen LogP contribution in [0.3, 0.4) is 0 Å². The number of Topliss-reactive ketones (excluding diaryl/α,β-unsaturated/α-hetero) is 1. The summed E-state index contributed by atoms with van der Waals surface area (Å²) in [6.07, 6.45) is 6.42. The van der Waals surface area contributed by atoms with E-state index in [2.05, 4.69) is 33.0 Å². The minimum absolute atomic E-state index is 0.0793. The molecule has 3 fully saturated rings. The normalized spacial score (nSPS) is 28.5. The molecule has 23 heavy (non-hydrogen) atoms. The van der Waals surface area contributed by atoms with Gasteiger partial charge in [-0.15, -0.1) is 0 Å². The van der Waals surface area contributed by atoms with Crippen molar-refractivity contribution in [2.75, 3.05) is 7.05 Å². The van der Waals surface area contributed by atoms with Gasteiger partial charge in [-0.1, -0.05) is 61.8 Å². The van der Waals surface area contributed by atoms with Crippen molar-refractivity contribution in [1.29, 1.82) is 0 Å². The van der Waals surface area contributed by atoms with E-state index in [1.165, 1.54) is 25.7 Å². The predicted molar refractivity (Wildman–Crippen MR) is 103 cm³/mol. The van der Waals surface area contributed by atoms with Crippen LogP contribution in [0.15, 0.2) is 0 Å². The van der Waals surface area contributed by atoms with Crippen LogP contribution in [0.4, 0.5) is 0 Å². The molecule has 0 aromatic heterocycles. The zero-order valence-electron chi connectivity index (χ0n) is 17.3. The lowest BCUT2D eigenvalue weighted by Gasteiger charge is -2.59. The first-order valence-electron chi connectivity index (χ1n) is 9.98. The van der Waals surface area contributed by atoms with Gasteiger partial charge in [0.1, 0.15) is 0 Å². The van der Waals surface area contributed by atoms with Gasteiger partial charge >= 0.3 is 0 Å². The van der Waals surface area contributed by atoms with Gasteiger partial charge in [-0.25, -0.2) is 0 Å². The molecule has 2 nitrogen and oxygen atoms in total. The standard InChI is InChI=1S/C16H29NO.C3H8.C2H6/c1-10(2)15(18)14(17-5)8-11-6-12-9-13(7-11)16(12,3)4;1-3-2;1-2/h10-14,17H,6-9H2,1-5H3;3H2,1-2H3;1-2H3. The lowest BCUT2D eigenvalue weighted by molar-refractivity contribution is -0.126. The maximum Gasteiger partial charge on any atom is 0.152 e. The second-order valence-electron chi connectivity index (χ2n) is 8.13. The van der Waals surface area contributed by atoms with Crippen LogP contribution in [0, 0.1) is 29.1 Å². The van der Waals surface area contributed by atoms with Crippen molar-refractivity contribution in [1.82, 2.24) is 5.32 Å². The van der Waals surface area contributed by atoms with Crippen LogP contribution in [0.2, 0.25) is 0 Å². The molecule has 3 unspecified atom stereocenters. The Morgan fingerprint density at radius 1 is 1.09 bits per heavy atom. The Labute approximate surface area is 146 Å². The average Bonchev–Trinajstić information content (AvgIpc) is 2.54. The highest BCUT2D eigenvalue weighted by atomic mass is 16.1. The van der Waals surface area contributed by atoms with E-state index in [9.17, 15) is 4.79 Å². The quantitative estimate of drug-likeness (QED) is 0.702. The lowest BCUT2D eigenvalue weighted by atomic mass is 9.46. The molecule has 0 radical (unpaired) electrons. The number of ketones is 1. The molecule has 2 heteroatoms. The summed E-state index contributed by atoms with van der Waals surface area (Å²) in [5.41, 5.74) is 0.577. The molecular weight excluding hydrogens is 282 g/mol. The van der Waals surface area contributed by atoms with Crippen molar-refractivity contribution in [3.05, 3.63) is 0 Å². The highest BCUT2D eigenvalue weighted by Crippen LogP contribution is 2.61. The lowest BCUT2D eigenvalue weighted by Crippen LogP contribution is -2.51. The van der Waals surface area contributed by atoms with Crippen molar-refractivity contribution in [3.63, 3.8) is 0 Å². The first kappa shape index (κ1) is 22.6. The van der Waals surface area contributed by atoms with Gasteiger partial charge in [-0.05, 0) is 55.9 Å². The molecule has 0 heterocycles. The summed E-state index contributed by atoms with van der Waals surface area (Å²) >= 11 is 0. The largest absolute Gasteiger partial charge is 0.311 e. The Morgan fingerprint density at radius 3 is 1.83 bits per heavy atom. The third-order valence-corrected chi connectivity index (χ3v) is 5.74. The topological polar surface area (TPSA) is 29.1 Å². The number of fused-ring (bicyclic) bond motifs is 2. The Kier molecular flexibility index (Phi) is 10.3. The summed E-state index contributed by atoms with van der Waals surface area (Å²) in [6, 6.07) is 0.0793. The summed E-state index contributed by atoms with van der Waals surface area (Å²) in [5.74, 6) is 3.12. The zero-order chi connectivity index (χ0) is 18.2. The molecule has 2 bridgehead atoms. The molecule has 3 rings (SSSR count). The molecule has 138 valence electrons. The Morgan fingerprint density at radius 2 is 1.52 bits per heavy atom. The van der Waals surface area contributed by atoms with Crippen LogP contribution in [0.25, 0.3) is 0 Å². The zero-order valence-corrected chi connectivity index (χ0v) is 17.3. The highest BCUT2D eigenvalue weighted by molar-refractivity contribution is 5.85. The van der Waals surface area contributed by atoms with Gasteiger partial charge < -0.3 is 5.32 Å². The van der Waals surface area contributed by atoms with Gasteiger partial charge in [0.05, 0.1) is 6.04 Å². The van der Waals surface area contributed by atoms with E-state index in [1.54, 1.807) is 0 Å². The molecule has 0 spiro atoms. The molecule has 3 atom stereocenters. The van der Waals surface area contributed by atoms with Gasteiger partial charge in [-0.2, -0.15) is 0 Å². The van der Waals surface area contributed by atoms with E-state index in [4.69, 9.17) is 0 Å². The van der Waals surface area contributed by atoms with Crippen LogP contribution in [-0.4, -0.2) is 18.9 Å². The Balaban J connectivity index is 0.000000868. The van der Waals surface area contributed by atoms with Crippen molar-refractivity contribution >= 4 is 5.78 Å². The summed E-state index contributed by atoms with van der Waals surface area (Å²) in [5, 5.41) is 3.23. The molecule has 3 aliphatic carbocycles. The van der Waals surface area contributed by atoms with Crippen molar-refractivity contribution < 1.29 is 4.79 Å². The van der Waals surface area contributed by atoms with E-state index in [1.807, 2.05) is 34.7 Å². The van der Waals surface area contributed by atoms with Gasteiger partial charge in [0, 0.05) is 5.92 Å². The molecule has 3 aliphatic rings. The third kappa shape index (κ3) is 5.89. The van der Waals surface area contributed by atoms with Crippen LogP contribution >= 0.6 is 0 Å². The second kappa shape index (κ2) is 10.5. The monoisotopic (exact) mass is 325 g/mol. The maximum atomic E-state index is 12.1. The van der Waals surface area contributed by atoms with Gasteiger partial charge in [-0.3, -0.25) is 4.79 Å². The number of likely N-dealkylation sites (N-methyl/N-ethyl adjacent to an activating group) is 1. The summed E-state index contributed by atoms with van der Waals surface area (Å²) in [6.45, 7) is 17.1. The first-order chi connectivity index (χ1) is 10.8. The summed E-state index contributed by atoms with van der Waals surface area (Å²) in [7, 11) is 1.93. The minimum atomic E-state index is 0.0793. The number of carbonyl (C=O) groups excluding carboxylic acids is 1. The molecule has 0 amide bonds. The van der Waals surface area contributed by atoms with Crippen molar-refractivity contribution in [3.8, 4) is 0 Å². The maximum absolute atomic E-state index is 12.1. The molecule has 1 N–H and O–H groups in total. The summed E-state index contributed by atoms with van der Waals surface area (Å²) in [4.78, 5) is 12.1. The van der Waals surface area contributed by atoms with Gasteiger partial charge in [0.15, 0.2) is 5.78 Å². The number of hydrogen-bond donors (Lipinski definition) is 1. The third-order valence-electron chi connectivity index (χ3n) is 5.74. The SMILES string of the molecule is CC.CCC.CNC(CC1CC2CC(C1)C2(C)C)C(=O)C(C)C. The molecule has 3 saturated carbocycles. The van der Waals surface area contributed by atoms with E-state index in [-0.39, 0.29) is 12.0 Å². The van der Waals surface area contributed by atoms with E-state index >= 15 is 0 Å². The van der Waals surface area contributed by atoms with E-state index < -0.39 is 0 Å². The molecule has 0 saturated heterocycles. The smallest absolute Gasteiger partial charge is 0.152 e. The van der Waals surface area contributed by atoms with Crippen LogP contribution in [0.1, 0.15) is 87.5 Å². The molecule has 0 aliphatic heterocycles. The Hall–Kier alpha value is -0.370.